The molecule has 0 N–H and O–H groups in total. The summed E-state index contributed by atoms with van der Waals surface area (Å²) < 4.78 is 0. The molecule has 2 rings (SSSR count). The van der Waals surface area contributed by atoms with Gasteiger partial charge >= 0.3 is 0 Å². The van der Waals surface area contributed by atoms with Crippen molar-refractivity contribution in [3.8, 4) is 0 Å². The molecule has 0 spiro atoms. The fourth-order valence-electron chi connectivity index (χ4n) is 1.79. The summed E-state index contributed by atoms with van der Waals surface area (Å²) in [6, 6.07) is 8.28. The third-order valence-corrected chi connectivity index (χ3v) is 2.49. The maximum atomic E-state index is 4.55. The van der Waals surface area contributed by atoms with Gasteiger partial charge in [-0.3, -0.25) is 4.99 Å². The summed E-state index contributed by atoms with van der Waals surface area (Å²) >= 11 is 0. The van der Waals surface area contributed by atoms with Crippen LogP contribution in [-0.4, -0.2) is 5.71 Å². The van der Waals surface area contributed by atoms with Crippen LogP contribution < -0.4 is 0 Å². The molecule has 1 unspecified atom stereocenters. The first-order valence-electron chi connectivity index (χ1n) is 4.53. The van der Waals surface area contributed by atoms with Crippen LogP contribution in [-0.2, 0) is 0 Å². The Kier molecular flexibility index (Phi) is 1.80. The number of rotatable bonds is 1. The van der Waals surface area contributed by atoms with E-state index in [0.717, 1.165) is 17.0 Å². The van der Waals surface area contributed by atoms with E-state index >= 15 is 0 Å². The van der Waals surface area contributed by atoms with Crippen molar-refractivity contribution >= 4 is 11.4 Å². The first-order valence-corrected chi connectivity index (χ1v) is 4.53. The quantitative estimate of drug-likeness (QED) is 0.613. The second kappa shape index (κ2) is 2.84. The summed E-state index contributed by atoms with van der Waals surface area (Å²) in [7, 11) is 0. The molecule has 1 nitrogen and oxygen atoms in total. The van der Waals surface area contributed by atoms with Gasteiger partial charge in [0.25, 0.3) is 0 Å². The van der Waals surface area contributed by atoms with E-state index < -0.39 is 0 Å². The monoisotopic (exact) mass is 171 g/mol. The number of benzene rings is 1. The number of fused-ring (bicyclic) bond motifs is 1. The summed E-state index contributed by atoms with van der Waals surface area (Å²) in [5.41, 5.74) is 4.62. The van der Waals surface area contributed by atoms with Gasteiger partial charge < -0.3 is 0 Å². The Morgan fingerprint density at radius 3 is 2.69 bits per heavy atom. The van der Waals surface area contributed by atoms with Crippen LogP contribution in [0.1, 0.15) is 25.3 Å². The number of nitrogens with zero attached hydrogens (tertiary/aromatic N) is 1. The van der Waals surface area contributed by atoms with Gasteiger partial charge in [0, 0.05) is 5.92 Å². The molecule has 0 fully saturated rings. The van der Waals surface area contributed by atoms with E-state index in [9.17, 15) is 0 Å². The smallest absolute Gasteiger partial charge is 0.0672 e. The van der Waals surface area contributed by atoms with Crippen LogP contribution in [0.2, 0.25) is 0 Å². The lowest BCUT2D eigenvalue weighted by molar-refractivity contribution is 1.05. The molecular weight excluding hydrogens is 158 g/mol. The highest BCUT2D eigenvalue weighted by atomic mass is 14.8. The highest BCUT2D eigenvalue weighted by Crippen LogP contribution is 2.36. The summed E-state index contributed by atoms with van der Waals surface area (Å²) in [5, 5.41) is 0. The zero-order valence-corrected chi connectivity index (χ0v) is 8.04. The standard InChI is InChI=1S/C12H13N/c1-8(2)12-9(3)10-6-4-5-7-11(10)13-12/h4-7,9H,1H2,2-3H3. The predicted octanol–water partition coefficient (Wildman–Crippen LogP) is 3.45. The molecule has 0 bridgehead atoms. The summed E-state index contributed by atoms with van der Waals surface area (Å²) in [6.45, 7) is 8.13. The molecule has 1 heteroatoms. The van der Waals surface area contributed by atoms with Crippen molar-refractivity contribution in [3.05, 3.63) is 42.0 Å². The van der Waals surface area contributed by atoms with Crippen molar-refractivity contribution in [1.29, 1.82) is 0 Å². The molecule has 0 saturated carbocycles. The summed E-state index contributed by atoms with van der Waals surface area (Å²) in [5.74, 6) is 0.411. The van der Waals surface area contributed by atoms with E-state index in [1.807, 2.05) is 13.0 Å². The van der Waals surface area contributed by atoms with Gasteiger partial charge in [-0.2, -0.15) is 0 Å². The Morgan fingerprint density at radius 1 is 1.38 bits per heavy atom. The molecule has 1 aliphatic heterocycles. The highest BCUT2D eigenvalue weighted by Gasteiger charge is 2.22. The zero-order chi connectivity index (χ0) is 9.42. The van der Waals surface area contributed by atoms with Crippen LogP contribution in [0.15, 0.2) is 41.4 Å². The first-order chi connectivity index (χ1) is 6.20. The van der Waals surface area contributed by atoms with Crippen molar-refractivity contribution in [3.63, 3.8) is 0 Å². The van der Waals surface area contributed by atoms with E-state index in [4.69, 9.17) is 0 Å². The average molecular weight is 171 g/mol. The molecule has 1 aromatic rings. The molecule has 0 saturated heterocycles. The molecule has 1 aromatic carbocycles. The Labute approximate surface area is 78.8 Å². The second-order valence-corrected chi connectivity index (χ2v) is 3.56. The van der Waals surface area contributed by atoms with E-state index in [1.165, 1.54) is 5.56 Å². The minimum atomic E-state index is 0.411. The van der Waals surface area contributed by atoms with Crippen LogP contribution >= 0.6 is 0 Å². The second-order valence-electron chi connectivity index (χ2n) is 3.56. The minimum absolute atomic E-state index is 0.411. The fourth-order valence-corrected chi connectivity index (χ4v) is 1.79. The Balaban J connectivity index is 2.50. The maximum Gasteiger partial charge on any atom is 0.0672 e. The van der Waals surface area contributed by atoms with E-state index in [2.05, 4.69) is 36.7 Å². The molecule has 0 aromatic heterocycles. The van der Waals surface area contributed by atoms with E-state index in [0.29, 0.717) is 5.92 Å². The average Bonchev–Trinajstić information content (AvgIpc) is 2.45. The Bertz CT molecular complexity index is 388. The van der Waals surface area contributed by atoms with Gasteiger partial charge in [-0.25, -0.2) is 0 Å². The zero-order valence-electron chi connectivity index (χ0n) is 8.04. The topological polar surface area (TPSA) is 12.4 Å². The predicted molar refractivity (Wildman–Crippen MR) is 56.8 cm³/mol. The van der Waals surface area contributed by atoms with Gasteiger partial charge in [0.1, 0.15) is 0 Å². The molecule has 1 atom stereocenters. The summed E-state index contributed by atoms with van der Waals surface area (Å²) in [6.07, 6.45) is 0. The molecule has 0 radical (unpaired) electrons. The first kappa shape index (κ1) is 8.24. The SMILES string of the molecule is C=C(C)C1=Nc2ccccc2C1C. The van der Waals surface area contributed by atoms with Crippen molar-refractivity contribution in [2.45, 2.75) is 19.8 Å². The van der Waals surface area contributed by atoms with Gasteiger partial charge in [-0.15, -0.1) is 0 Å². The van der Waals surface area contributed by atoms with Crippen LogP contribution in [0.5, 0.6) is 0 Å². The van der Waals surface area contributed by atoms with Crippen LogP contribution in [0.4, 0.5) is 5.69 Å². The number of para-hydroxylation sites is 1. The van der Waals surface area contributed by atoms with Crippen LogP contribution in [0.25, 0.3) is 0 Å². The van der Waals surface area contributed by atoms with Gasteiger partial charge in [0.15, 0.2) is 0 Å². The maximum absolute atomic E-state index is 4.55. The van der Waals surface area contributed by atoms with Gasteiger partial charge in [0.05, 0.1) is 11.4 Å². The van der Waals surface area contributed by atoms with Crippen molar-refractivity contribution < 1.29 is 0 Å². The van der Waals surface area contributed by atoms with E-state index in [-0.39, 0.29) is 0 Å². The third-order valence-electron chi connectivity index (χ3n) is 2.49. The normalized spacial score (nSPS) is 19.5. The number of hydrogen-bond donors (Lipinski definition) is 0. The minimum Gasteiger partial charge on any atom is -0.252 e. The molecule has 1 aliphatic rings. The molecule has 13 heavy (non-hydrogen) atoms. The lowest BCUT2D eigenvalue weighted by atomic mass is 9.95. The number of allylic oxidation sites excluding steroid dienone is 1. The lowest BCUT2D eigenvalue weighted by Crippen LogP contribution is -2.04. The molecule has 66 valence electrons. The summed E-state index contributed by atoms with van der Waals surface area (Å²) in [4.78, 5) is 4.55. The van der Waals surface area contributed by atoms with Gasteiger partial charge in [0.2, 0.25) is 0 Å². The highest BCUT2D eigenvalue weighted by molar-refractivity contribution is 6.08. The lowest BCUT2D eigenvalue weighted by Gasteiger charge is -2.07. The van der Waals surface area contributed by atoms with Crippen molar-refractivity contribution in [2.24, 2.45) is 4.99 Å². The number of hydrogen-bond acceptors (Lipinski definition) is 1. The largest absolute Gasteiger partial charge is 0.252 e. The third kappa shape index (κ3) is 1.21. The van der Waals surface area contributed by atoms with Crippen LogP contribution in [0, 0.1) is 0 Å². The fraction of sp³-hybridized carbons (Fsp3) is 0.250. The van der Waals surface area contributed by atoms with E-state index in [1.54, 1.807) is 0 Å². The molecule has 0 aliphatic carbocycles. The molecule has 1 heterocycles. The van der Waals surface area contributed by atoms with Gasteiger partial charge in [-0.1, -0.05) is 31.7 Å². The van der Waals surface area contributed by atoms with Gasteiger partial charge in [-0.05, 0) is 24.1 Å². The van der Waals surface area contributed by atoms with Crippen LogP contribution in [0.3, 0.4) is 0 Å². The Morgan fingerprint density at radius 2 is 2.08 bits per heavy atom. The van der Waals surface area contributed by atoms with Crippen molar-refractivity contribution in [2.75, 3.05) is 0 Å². The number of aliphatic imine (C=N–C) groups is 1. The molecular formula is C12H13N. The molecule has 0 amide bonds. The Hall–Kier alpha value is -1.37. The van der Waals surface area contributed by atoms with Crippen molar-refractivity contribution in [1.82, 2.24) is 0 Å².